The summed E-state index contributed by atoms with van der Waals surface area (Å²) < 4.78 is 65.4. The summed E-state index contributed by atoms with van der Waals surface area (Å²) in [5.41, 5.74) is -0.708. The van der Waals surface area contributed by atoms with Crippen LogP contribution in [0.2, 0.25) is 5.02 Å². The Kier molecular flexibility index (Phi) is 7.99. The van der Waals surface area contributed by atoms with Crippen molar-refractivity contribution in [1.82, 2.24) is 18.8 Å². The second-order valence-electron chi connectivity index (χ2n) is 8.10. The molecule has 0 radical (unpaired) electrons. The lowest BCUT2D eigenvalue weighted by molar-refractivity contribution is -0.140. The lowest BCUT2D eigenvalue weighted by atomic mass is 10.1. The Morgan fingerprint density at radius 2 is 1.83 bits per heavy atom. The second kappa shape index (κ2) is 10.3. The third-order valence-electron chi connectivity index (χ3n) is 5.58. The molecule has 0 aliphatic carbocycles. The summed E-state index contributed by atoms with van der Waals surface area (Å²) >= 11 is 6.19. The molecule has 0 unspecified atom stereocenters. The largest absolute Gasteiger partial charge is 0.406 e. The summed E-state index contributed by atoms with van der Waals surface area (Å²) in [4.78, 5) is 21.5. The fraction of sp³-hybridized carbons (Fsp3) is 0.381. The summed E-state index contributed by atoms with van der Waals surface area (Å²) in [6.07, 6.45) is -1.20. The molecule has 1 aromatic carbocycles. The molecular weight excluding hydrogens is 530 g/mol. The standard InChI is InChI=1S/C21H21ClF3N5O3S.ClH/c1-34(32,33)29-8-6-14(7-9-29)27-20-26-11-13-10-16(15-4-2-3-5-17(15)22)19(31)30(18(13)28-20)12-21(23,24)25;/h2-5,10-11,14H,6-9,12H2,1H3,(H,26,27,28);1H. The van der Waals surface area contributed by atoms with Gasteiger partial charge in [-0.15, -0.1) is 12.4 Å². The van der Waals surface area contributed by atoms with Gasteiger partial charge in [-0.2, -0.15) is 18.2 Å². The zero-order chi connectivity index (χ0) is 24.7. The van der Waals surface area contributed by atoms with E-state index in [0.29, 0.717) is 36.1 Å². The average Bonchev–Trinajstić information content (AvgIpc) is 2.75. The molecule has 190 valence electrons. The molecule has 4 rings (SSSR count). The molecule has 1 aliphatic heterocycles. The summed E-state index contributed by atoms with van der Waals surface area (Å²) in [5, 5.41) is 3.53. The lowest BCUT2D eigenvalue weighted by Crippen LogP contribution is -2.42. The van der Waals surface area contributed by atoms with Gasteiger partial charge < -0.3 is 5.32 Å². The van der Waals surface area contributed by atoms with Crippen molar-refractivity contribution in [3.8, 4) is 11.1 Å². The van der Waals surface area contributed by atoms with Crippen molar-refractivity contribution in [2.45, 2.75) is 31.6 Å². The molecule has 1 N–H and O–H groups in total. The van der Waals surface area contributed by atoms with Gasteiger partial charge in [0.25, 0.3) is 5.56 Å². The minimum atomic E-state index is -4.66. The third kappa shape index (κ3) is 6.24. The first-order chi connectivity index (χ1) is 15.9. The number of hydrogen-bond acceptors (Lipinski definition) is 6. The highest BCUT2D eigenvalue weighted by Crippen LogP contribution is 2.28. The second-order valence-corrected chi connectivity index (χ2v) is 10.5. The molecule has 0 saturated carbocycles. The molecule has 3 aromatic rings. The number of nitrogens with one attached hydrogen (secondary N) is 1. The van der Waals surface area contributed by atoms with Gasteiger partial charge in [-0.25, -0.2) is 17.7 Å². The van der Waals surface area contributed by atoms with Crippen molar-refractivity contribution in [3.63, 3.8) is 0 Å². The van der Waals surface area contributed by atoms with Gasteiger partial charge in [-0.3, -0.25) is 9.36 Å². The van der Waals surface area contributed by atoms with Gasteiger partial charge in [0.2, 0.25) is 16.0 Å². The molecule has 8 nitrogen and oxygen atoms in total. The molecule has 1 saturated heterocycles. The molecule has 0 amide bonds. The normalized spacial score (nSPS) is 15.7. The molecule has 14 heteroatoms. The molecule has 1 fully saturated rings. The number of anilines is 1. The lowest BCUT2D eigenvalue weighted by Gasteiger charge is -2.30. The number of benzene rings is 1. The van der Waals surface area contributed by atoms with E-state index in [2.05, 4.69) is 15.3 Å². The van der Waals surface area contributed by atoms with Gasteiger partial charge in [0.1, 0.15) is 12.2 Å². The van der Waals surface area contributed by atoms with Gasteiger partial charge in [0.05, 0.1) is 6.26 Å². The van der Waals surface area contributed by atoms with E-state index >= 15 is 0 Å². The SMILES string of the molecule is CS(=O)(=O)N1CCC(Nc2ncc3cc(-c4ccccc4Cl)c(=O)n(CC(F)(F)F)c3n2)CC1.Cl. The smallest absolute Gasteiger partial charge is 0.351 e. The highest BCUT2D eigenvalue weighted by atomic mass is 35.5. The zero-order valence-corrected chi connectivity index (χ0v) is 20.8. The molecule has 2 aromatic heterocycles. The van der Waals surface area contributed by atoms with E-state index in [9.17, 15) is 26.4 Å². The fourth-order valence-corrected chi connectivity index (χ4v) is 5.05. The number of aromatic nitrogens is 3. The first kappa shape index (κ1) is 27.2. The van der Waals surface area contributed by atoms with E-state index in [1.807, 2.05) is 0 Å². The maximum absolute atomic E-state index is 13.4. The van der Waals surface area contributed by atoms with Crippen LogP contribution in [0.15, 0.2) is 41.3 Å². The summed E-state index contributed by atoms with van der Waals surface area (Å²) in [6.45, 7) is -0.905. The highest BCUT2D eigenvalue weighted by Gasteiger charge is 2.31. The summed E-state index contributed by atoms with van der Waals surface area (Å²) in [6, 6.07) is 7.66. The molecule has 1 aliphatic rings. The van der Waals surface area contributed by atoms with Gasteiger partial charge in [-0.05, 0) is 25.0 Å². The number of piperidine rings is 1. The summed E-state index contributed by atoms with van der Waals surface area (Å²) in [5.74, 6) is 0.0612. The van der Waals surface area contributed by atoms with Gasteiger partial charge in [0, 0.05) is 46.9 Å². The molecule has 0 atom stereocenters. The van der Waals surface area contributed by atoms with Crippen LogP contribution in [0.25, 0.3) is 22.2 Å². The molecule has 3 heterocycles. The Morgan fingerprint density at radius 3 is 2.43 bits per heavy atom. The number of nitrogens with zero attached hydrogens (tertiary/aromatic N) is 4. The van der Waals surface area contributed by atoms with E-state index in [1.165, 1.54) is 16.6 Å². The minimum absolute atomic E-state index is 0. The number of alkyl halides is 3. The maximum Gasteiger partial charge on any atom is 0.406 e. The van der Waals surface area contributed by atoms with Crippen LogP contribution in [0, 0.1) is 0 Å². The van der Waals surface area contributed by atoms with Crippen molar-refractivity contribution in [1.29, 1.82) is 0 Å². The van der Waals surface area contributed by atoms with Crippen molar-refractivity contribution in [2.24, 2.45) is 0 Å². The number of rotatable bonds is 5. The van der Waals surface area contributed by atoms with Crippen molar-refractivity contribution >= 4 is 51.0 Å². The van der Waals surface area contributed by atoms with Crippen LogP contribution in [0.1, 0.15) is 12.8 Å². The monoisotopic (exact) mass is 551 g/mol. The van der Waals surface area contributed by atoms with E-state index in [0.717, 1.165) is 6.26 Å². The number of hydrogen-bond donors (Lipinski definition) is 1. The Morgan fingerprint density at radius 1 is 1.17 bits per heavy atom. The van der Waals surface area contributed by atoms with Crippen LogP contribution in [0.4, 0.5) is 19.1 Å². The topological polar surface area (TPSA) is 97.2 Å². The van der Waals surface area contributed by atoms with Crippen LogP contribution < -0.4 is 10.9 Å². The van der Waals surface area contributed by atoms with E-state index in [1.54, 1.807) is 24.3 Å². The molecule has 35 heavy (non-hydrogen) atoms. The van der Waals surface area contributed by atoms with Crippen LogP contribution >= 0.6 is 24.0 Å². The molecule has 0 spiro atoms. The molecular formula is C21H22Cl2F3N5O3S. The van der Waals surface area contributed by atoms with Crippen LogP contribution in [-0.4, -0.2) is 58.8 Å². The summed E-state index contributed by atoms with van der Waals surface area (Å²) in [7, 11) is -3.29. The van der Waals surface area contributed by atoms with Gasteiger partial charge in [-0.1, -0.05) is 29.8 Å². The number of pyridine rings is 1. The first-order valence-electron chi connectivity index (χ1n) is 10.4. The minimum Gasteiger partial charge on any atom is -0.351 e. The van der Waals surface area contributed by atoms with Crippen molar-refractivity contribution in [2.75, 3.05) is 24.7 Å². The van der Waals surface area contributed by atoms with Crippen molar-refractivity contribution in [3.05, 3.63) is 51.9 Å². The predicted molar refractivity (Wildman–Crippen MR) is 131 cm³/mol. The van der Waals surface area contributed by atoms with Crippen LogP contribution in [0.3, 0.4) is 0 Å². The number of fused-ring (bicyclic) bond motifs is 1. The quantitative estimate of drug-likeness (QED) is 0.516. The Bertz CT molecular complexity index is 1390. The van der Waals surface area contributed by atoms with E-state index in [4.69, 9.17) is 11.6 Å². The predicted octanol–water partition coefficient (Wildman–Crippen LogP) is 3.93. The average molecular weight is 552 g/mol. The number of halogens is 5. The van der Waals surface area contributed by atoms with Crippen LogP contribution in [-0.2, 0) is 16.6 Å². The fourth-order valence-electron chi connectivity index (χ4n) is 3.94. The Labute approximate surface area is 210 Å². The van der Waals surface area contributed by atoms with Gasteiger partial charge in [0.15, 0.2) is 0 Å². The third-order valence-corrected chi connectivity index (χ3v) is 7.22. The maximum atomic E-state index is 13.4. The van der Waals surface area contributed by atoms with Crippen molar-refractivity contribution < 1.29 is 21.6 Å². The van der Waals surface area contributed by atoms with Crippen LogP contribution in [0.5, 0.6) is 0 Å². The number of sulfonamides is 1. The Balaban J connectivity index is 0.00000342. The molecule has 0 bridgehead atoms. The first-order valence-corrected chi connectivity index (χ1v) is 12.6. The highest BCUT2D eigenvalue weighted by molar-refractivity contribution is 7.88. The zero-order valence-electron chi connectivity index (χ0n) is 18.4. The van der Waals surface area contributed by atoms with E-state index < -0.39 is 28.3 Å². The van der Waals surface area contributed by atoms with E-state index in [-0.39, 0.29) is 46.0 Å². The Hall–Kier alpha value is -2.41. The van der Waals surface area contributed by atoms with Gasteiger partial charge >= 0.3 is 6.18 Å².